The monoisotopic (exact) mass is 386 g/mol. The molecule has 0 saturated heterocycles. The van der Waals surface area contributed by atoms with Crippen LogP contribution in [0, 0.1) is 0 Å². The normalized spacial score (nSPS) is 10.4. The Labute approximate surface area is 160 Å². The van der Waals surface area contributed by atoms with Crippen LogP contribution < -0.4 is 40.1 Å². The summed E-state index contributed by atoms with van der Waals surface area (Å²) < 4.78 is 6.69. The third-order valence-electron chi connectivity index (χ3n) is 3.02. The summed E-state index contributed by atoms with van der Waals surface area (Å²) in [6.07, 6.45) is -0.295. The number of carbonyl (C=O) groups is 1. The van der Waals surface area contributed by atoms with Gasteiger partial charge in [0.15, 0.2) is 5.43 Å². The molecule has 3 rings (SSSR count). The average Bonchev–Trinajstić information content (AvgIpc) is 2.85. The fraction of sp³-hybridized carbons (Fsp3) is 0.0667. The minimum atomic E-state index is -1.21. The summed E-state index contributed by atoms with van der Waals surface area (Å²) in [5, 5.41) is 13.0. The Bertz CT molecular complexity index is 900. The Morgan fingerprint density at radius 2 is 2.09 bits per heavy atom. The molecule has 0 amide bonds. The fourth-order valence-electron chi connectivity index (χ4n) is 2.11. The van der Waals surface area contributed by atoms with Crippen molar-refractivity contribution in [2.24, 2.45) is 0 Å². The van der Waals surface area contributed by atoms with Crippen molar-refractivity contribution in [3.63, 3.8) is 0 Å². The number of halogens is 1. The van der Waals surface area contributed by atoms with Gasteiger partial charge in [0.25, 0.3) is 0 Å². The number of carboxylic acid groups (broad SMARTS) is 1. The first-order chi connectivity index (χ1) is 10.0. The molecule has 0 saturated carbocycles. The molecule has 0 aliphatic heterocycles. The molecule has 1 aromatic carbocycles. The third-order valence-corrected chi connectivity index (χ3v) is 4.53. The summed E-state index contributed by atoms with van der Waals surface area (Å²) in [7, 11) is 0. The van der Waals surface area contributed by atoms with E-state index in [1.54, 1.807) is 18.2 Å². The van der Waals surface area contributed by atoms with E-state index in [0.29, 0.717) is 22.3 Å². The van der Waals surface area contributed by atoms with E-state index in [4.69, 9.17) is 4.42 Å². The van der Waals surface area contributed by atoms with Crippen LogP contribution >= 0.6 is 27.3 Å². The minimum absolute atomic E-state index is 0. The van der Waals surface area contributed by atoms with Crippen LogP contribution in [-0.2, 0) is 11.2 Å². The minimum Gasteiger partial charge on any atom is -0.550 e. The van der Waals surface area contributed by atoms with Crippen molar-refractivity contribution in [1.82, 2.24) is 0 Å². The molecule has 0 aliphatic carbocycles. The van der Waals surface area contributed by atoms with Crippen molar-refractivity contribution < 1.29 is 43.9 Å². The smallest absolute Gasteiger partial charge is 0.550 e. The molecule has 0 aliphatic rings. The van der Waals surface area contributed by atoms with E-state index in [9.17, 15) is 14.7 Å². The van der Waals surface area contributed by atoms with E-state index in [1.807, 2.05) is 11.4 Å². The Morgan fingerprint density at radius 1 is 1.32 bits per heavy atom. The third kappa shape index (κ3) is 3.52. The molecule has 0 unspecified atom stereocenters. The van der Waals surface area contributed by atoms with Crippen molar-refractivity contribution in [3.05, 3.63) is 55.3 Å². The Balaban J connectivity index is 0.00000176. The van der Waals surface area contributed by atoms with E-state index >= 15 is 0 Å². The summed E-state index contributed by atoms with van der Waals surface area (Å²) in [4.78, 5) is 23.0. The van der Waals surface area contributed by atoms with Crippen LogP contribution in [0.15, 0.2) is 48.7 Å². The molecule has 4 nitrogen and oxygen atoms in total. The fourth-order valence-corrected chi connectivity index (χ4v) is 3.26. The molecule has 0 spiro atoms. The molecule has 2 aromatic heterocycles. The van der Waals surface area contributed by atoms with Gasteiger partial charge in [0.05, 0.1) is 9.17 Å². The predicted octanol–water partition coefficient (Wildman–Crippen LogP) is -0.420. The number of hydrogen-bond acceptors (Lipinski definition) is 5. The van der Waals surface area contributed by atoms with Crippen LogP contribution in [0.4, 0.5) is 0 Å². The van der Waals surface area contributed by atoms with Crippen LogP contribution in [0.3, 0.4) is 0 Å². The standard InChI is InChI=1S/C15H9BrO4S.Na/c16-13-4-9(7-21-13)12-6-11(17)10-3-1-2-8(5-14(18)19)15(10)20-12;/h1-4,6-7H,5H2,(H,18,19);/q;+1/p-1. The SMILES string of the molecule is O=C([O-])Cc1cccc2c(=O)cc(-c3csc(Br)c3)oc12.[Na+]. The van der Waals surface area contributed by atoms with Gasteiger partial charge in [0, 0.05) is 35.0 Å². The predicted molar refractivity (Wildman–Crippen MR) is 82.2 cm³/mol. The van der Waals surface area contributed by atoms with Gasteiger partial charge in [-0.05, 0) is 28.1 Å². The maximum absolute atomic E-state index is 12.2. The zero-order chi connectivity index (χ0) is 15.0. The van der Waals surface area contributed by atoms with E-state index < -0.39 is 5.97 Å². The number of carbonyl (C=O) groups excluding carboxylic acids is 1. The van der Waals surface area contributed by atoms with E-state index in [-0.39, 0.29) is 41.4 Å². The molecule has 22 heavy (non-hydrogen) atoms. The Morgan fingerprint density at radius 3 is 2.73 bits per heavy atom. The zero-order valence-corrected chi connectivity index (χ0v) is 16.0. The number of aliphatic carboxylic acids is 1. The zero-order valence-electron chi connectivity index (χ0n) is 11.6. The molecule has 0 radical (unpaired) electrons. The molecule has 2 heterocycles. The van der Waals surface area contributed by atoms with Gasteiger partial charge in [-0.2, -0.15) is 0 Å². The summed E-state index contributed by atoms with van der Waals surface area (Å²) >= 11 is 4.83. The van der Waals surface area contributed by atoms with Gasteiger partial charge >= 0.3 is 29.6 Å². The summed E-state index contributed by atoms with van der Waals surface area (Å²) in [6.45, 7) is 0. The maximum Gasteiger partial charge on any atom is 1.00 e. The quantitative estimate of drug-likeness (QED) is 0.573. The maximum atomic E-state index is 12.2. The van der Waals surface area contributed by atoms with E-state index in [0.717, 1.165) is 9.35 Å². The summed E-state index contributed by atoms with van der Waals surface area (Å²) in [5.74, 6) is -0.797. The van der Waals surface area contributed by atoms with Gasteiger partial charge < -0.3 is 14.3 Å². The van der Waals surface area contributed by atoms with Crippen LogP contribution in [0.5, 0.6) is 0 Å². The number of benzene rings is 1. The van der Waals surface area contributed by atoms with Gasteiger partial charge in [-0.3, -0.25) is 4.79 Å². The Hall–Kier alpha value is -0.920. The summed E-state index contributed by atoms with van der Waals surface area (Å²) in [6, 6.07) is 8.13. The number of fused-ring (bicyclic) bond motifs is 1. The molecular formula is C15H8BrNaO4S. The second-order valence-electron chi connectivity index (χ2n) is 4.46. The largest absolute Gasteiger partial charge is 1.00 e. The second kappa shape index (κ2) is 7.10. The van der Waals surface area contributed by atoms with Crippen LogP contribution in [0.2, 0.25) is 0 Å². The number of rotatable bonds is 3. The van der Waals surface area contributed by atoms with Crippen LogP contribution in [0.1, 0.15) is 5.56 Å². The van der Waals surface area contributed by atoms with Crippen molar-refractivity contribution in [2.45, 2.75) is 6.42 Å². The van der Waals surface area contributed by atoms with E-state index in [1.165, 1.54) is 17.4 Å². The number of para-hydroxylation sites is 1. The van der Waals surface area contributed by atoms with Crippen molar-refractivity contribution >= 4 is 44.2 Å². The van der Waals surface area contributed by atoms with Crippen molar-refractivity contribution in [2.75, 3.05) is 0 Å². The topological polar surface area (TPSA) is 70.3 Å². The molecule has 0 fully saturated rings. The van der Waals surface area contributed by atoms with Crippen LogP contribution in [0.25, 0.3) is 22.3 Å². The molecule has 106 valence electrons. The first-order valence-corrected chi connectivity index (χ1v) is 7.72. The molecule has 0 atom stereocenters. The number of thiophene rings is 1. The van der Waals surface area contributed by atoms with Gasteiger partial charge in [0.1, 0.15) is 11.3 Å². The molecule has 0 N–H and O–H groups in total. The number of carboxylic acids is 1. The first-order valence-electron chi connectivity index (χ1n) is 6.04. The molecule has 7 heteroatoms. The first kappa shape index (κ1) is 17.4. The van der Waals surface area contributed by atoms with Gasteiger partial charge in [-0.1, -0.05) is 12.1 Å². The van der Waals surface area contributed by atoms with Crippen LogP contribution in [-0.4, -0.2) is 5.97 Å². The van der Waals surface area contributed by atoms with E-state index in [2.05, 4.69) is 15.9 Å². The van der Waals surface area contributed by atoms with Gasteiger partial charge in [0.2, 0.25) is 0 Å². The number of hydrogen-bond donors (Lipinski definition) is 0. The van der Waals surface area contributed by atoms with Crippen molar-refractivity contribution in [3.8, 4) is 11.3 Å². The van der Waals surface area contributed by atoms with Gasteiger partial charge in [-0.15, -0.1) is 11.3 Å². The molecule has 0 bridgehead atoms. The second-order valence-corrected chi connectivity index (χ2v) is 6.75. The summed E-state index contributed by atoms with van der Waals surface area (Å²) in [5.41, 5.74) is 1.30. The molecule has 3 aromatic rings. The Kier molecular flexibility index (Phi) is 5.63. The average molecular weight is 387 g/mol. The van der Waals surface area contributed by atoms with Crippen molar-refractivity contribution in [1.29, 1.82) is 0 Å². The molecular weight excluding hydrogens is 379 g/mol. The van der Waals surface area contributed by atoms with Gasteiger partial charge in [-0.25, -0.2) is 0 Å².